The molecule has 4 heteroatoms. The van der Waals surface area contributed by atoms with E-state index in [0.29, 0.717) is 4.48 Å². The third-order valence-corrected chi connectivity index (χ3v) is 7.57. The second-order valence-corrected chi connectivity index (χ2v) is 11.4. The Morgan fingerprint density at radius 2 is 1.39 bits per heavy atom. The van der Waals surface area contributed by atoms with Crippen LogP contribution in [0, 0.1) is 0 Å². The smallest absolute Gasteiger partial charge is 0.365 e. The minimum Gasteiger partial charge on any atom is -0.487 e. The molecule has 38 heavy (non-hydrogen) atoms. The summed E-state index contributed by atoms with van der Waals surface area (Å²) in [6.45, 7) is 7.47. The number of unbranched alkanes of at least 4 members (excludes halogenated alkanes) is 8. The van der Waals surface area contributed by atoms with Gasteiger partial charge in [-0.2, -0.15) is 0 Å². The van der Waals surface area contributed by atoms with Gasteiger partial charge in [-0.15, -0.1) is 0 Å². The molecule has 0 spiro atoms. The first-order valence-electron chi connectivity index (χ1n) is 15.2. The summed E-state index contributed by atoms with van der Waals surface area (Å²) in [5, 5.41) is 0. The number of benzene rings is 2. The van der Waals surface area contributed by atoms with Crippen LogP contribution in [0.15, 0.2) is 54.6 Å². The molecular formula is C34H54NO3+. The van der Waals surface area contributed by atoms with Gasteiger partial charge in [-0.25, -0.2) is 4.79 Å². The molecule has 2 aromatic carbocycles. The Morgan fingerprint density at radius 3 is 2.03 bits per heavy atom. The monoisotopic (exact) mass is 524 g/mol. The Hall–Kier alpha value is -2.33. The predicted molar refractivity (Wildman–Crippen MR) is 159 cm³/mol. The largest absolute Gasteiger partial charge is 0.487 e. The van der Waals surface area contributed by atoms with Gasteiger partial charge in [0.1, 0.15) is 25.0 Å². The number of carbonyl (C=O) groups is 1. The number of aryl methyl sites for hydroxylation is 1. The summed E-state index contributed by atoms with van der Waals surface area (Å²) >= 11 is 0. The zero-order valence-electron chi connectivity index (χ0n) is 24.9. The standard InChI is InChI=1S/C34H54NO3/c1-6-9-10-11-12-13-14-15-17-21-29-24-20-25-32(26-29)38-31(7-2)28-37-34(36)33(8-3)35(4,5)27-30-22-18-16-19-23-30/h16,18-20,22-26,31,33H,6-15,17,21,27-28H2,1-5H3/q+1. The number of ether oxygens (including phenoxy) is 2. The highest BCUT2D eigenvalue weighted by Gasteiger charge is 2.35. The Morgan fingerprint density at radius 1 is 0.763 bits per heavy atom. The van der Waals surface area contributed by atoms with E-state index in [0.717, 1.165) is 31.6 Å². The first kappa shape index (κ1) is 31.9. The highest BCUT2D eigenvalue weighted by atomic mass is 16.6. The second kappa shape index (κ2) is 18.0. The quantitative estimate of drug-likeness (QED) is 0.0989. The topological polar surface area (TPSA) is 35.5 Å². The van der Waals surface area contributed by atoms with Crippen LogP contribution in [0.1, 0.15) is 103 Å². The summed E-state index contributed by atoms with van der Waals surface area (Å²) < 4.78 is 12.7. The maximum Gasteiger partial charge on any atom is 0.365 e. The fraction of sp³-hybridized carbons (Fsp3) is 0.618. The van der Waals surface area contributed by atoms with Crippen LogP contribution in [0.5, 0.6) is 5.75 Å². The molecule has 0 fully saturated rings. The van der Waals surface area contributed by atoms with Crippen LogP contribution in [0.4, 0.5) is 0 Å². The van der Waals surface area contributed by atoms with E-state index >= 15 is 0 Å². The number of rotatable bonds is 20. The van der Waals surface area contributed by atoms with Crippen molar-refractivity contribution in [2.75, 3.05) is 20.7 Å². The van der Waals surface area contributed by atoms with Gasteiger partial charge < -0.3 is 14.0 Å². The van der Waals surface area contributed by atoms with Gasteiger partial charge in [-0.1, -0.05) is 115 Å². The molecule has 2 rings (SSSR count). The molecule has 0 amide bonds. The molecule has 0 N–H and O–H groups in total. The Kier molecular flexibility index (Phi) is 15.1. The van der Waals surface area contributed by atoms with Crippen molar-refractivity contribution in [2.45, 2.75) is 117 Å². The molecule has 0 aliphatic heterocycles. The predicted octanol–water partition coefficient (Wildman–Crippen LogP) is 8.52. The maximum atomic E-state index is 13.1. The number of quaternary nitrogens is 1. The van der Waals surface area contributed by atoms with Crippen molar-refractivity contribution in [1.29, 1.82) is 0 Å². The zero-order valence-corrected chi connectivity index (χ0v) is 24.9. The van der Waals surface area contributed by atoms with Crippen LogP contribution >= 0.6 is 0 Å². The van der Waals surface area contributed by atoms with Gasteiger partial charge >= 0.3 is 5.97 Å². The number of likely N-dealkylation sites (N-methyl/N-ethyl adjacent to an activating group) is 1. The van der Waals surface area contributed by atoms with Crippen molar-refractivity contribution >= 4 is 5.97 Å². The minimum absolute atomic E-state index is 0.144. The lowest BCUT2D eigenvalue weighted by Crippen LogP contribution is -2.52. The molecule has 0 aliphatic carbocycles. The van der Waals surface area contributed by atoms with Crippen molar-refractivity contribution in [3.63, 3.8) is 0 Å². The number of hydrogen-bond acceptors (Lipinski definition) is 3. The molecule has 0 bridgehead atoms. The summed E-state index contributed by atoms with van der Waals surface area (Å²) in [6.07, 6.45) is 14.6. The van der Waals surface area contributed by atoms with Crippen LogP contribution < -0.4 is 4.74 Å². The summed E-state index contributed by atoms with van der Waals surface area (Å²) in [6, 6.07) is 18.6. The van der Waals surface area contributed by atoms with Gasteiger partial charge in [0.05, 0.1) is 14.1 Å². The third-order valence-electron chi connectivity index (χ3n) is 7.57. The van der Waals surface area contributed by atoms with Crippen molar-refractivity contribution in [1.82, 2.24) is 0 Å². The normalized spacial score (nSPS) is 13.2. The fourth-order valence-corrected chi connectivity index (χ4v) is 5.22. The van der Waals surface area contributed by atoms with Gasteiger partial charge in [-0.05, 0) is 37.0 Å². The first-order chi connectivity index (χ1) is 18.4. The number of esters is 1. The highest BCUT2D eigenvalue weighted by molar-refractivity contribution is 5.74. The van der Waals surface area contributed by atoms with Crippen LogP contribution in [0.3, 0.4) is 0 Å². The van der Waals surface area contributed by atoms with E-state index in [1.165, 1.54) is 68.9 Å². The van der Waals surface area contributed by atoms with Crippen LogP contribution in [0.2, 0.25) is 0 Å². The van der Waals surface area contributed by atoms with E-state index in [-0.39, 0.29) is 24.7 Å². The Balaban J connectivity index is 1.78. The summed E-state index contributed by atoms with van der Waals surface area (Å²) in [5.41, 5.74) is 2.55. The van der Waals surface area contributed by atoms with Gasteiger partial charge in [0.15, 0.2) is 6.04 Å². The van der Waals surface area contributed by atoms with Crippen LogP contribution in [0.25, 0.3) is 0 Å². The van der Waals surface area contributed by atoms with Gasteiger partial charge in [0.2, 0.25) is 0 Å². The summed E-state index contributed by atoms with van der Waals surface area (Å²) in [5.74, 6) is 0.725. The van der Waals surface area contributed by atoms with E-state index < -0.39 is 0 Å². The van der Waals surface area contributed by atoms with E-state index in [1.54, 1.807) is 0 Å². The lowest BCUT2D eigenvalue weighted by molar-refractivity contribution is -0.919. The molecular weight excluding hydrogens is 470 g/mol. The average Bonchev–Trinajstić information content (AvgIpc) is 2.91. The summed E-state index contributed by atoms with van der Waals surface area (Å²) in [4.78, 5) is 13.1. The van der Waals surface area contributed by atoms with Gasteiger partial charge in [-0.3, -0.25) is 0 Å². The lowest BCUT2D eigenvalue weighted by Gasteiger charge is -2.36. The van der Waals surface area contributed by atoms with E-state index in [2.05, 4.69) is 65.2 Å². The van der Waals surface area contributed by atoms with Crippen molar-refractivity contribution < 1.29 is 18.8 Å². The third kappa shape index (κ3) is 12.0. The minimum atomic E-state index is -0.215. The van der Waals surface area contributed by atoms with E-state index in [1.807, 2.05) is 24.3 Å². The Labute approximate surface area is 233 Å². The molecule has 0 saturated carbocycles. The molecule has 2 unspecified atom stereocenters. The number of hydrogen-bond donors (Lipinski definition) is 0. The highest BCUT2D eigenvalue weighted by Crippen LogP contribution is 2.21. The Bertz CT molecular complexity index is 896. The molecule has 2 aromatic rings. The van der Waals surface area contributed by atoms with Crippen molar-refractivity contribution in [3.8, 4) is 5.75 Å². The average molecular weight is 525 g/mol. The first-order valence-corrected chi connectivity index (χ1v) is 15.2. The van der Waals surface area contributed by atoms with Gasteiger partial charge in [0.25, 0.3) is 0 Å². The molecule has 0 saturated heterocycles. The molecule has 0 radical (unpaired) electrons. The zero-order chi connectivity index (χ0) is 27.6. The number of carbonyl (C=O) groups excluding carboxylic acids is 1. The molecule has 2 atom stereocenters. The molecule has 0 heterocycles. The van der Waals surface area contributed by atoms with Crippen molar-refractivity contribution in [3.05, 3.63) is 65.7 Å². The van der Waals surface area contributed by atoms with Crippen LogP contribution in [-0.2, 0) is 22.5 Å². The maximum absolute atomic E-state index is 13.1. The molecule has 0 aromatic heterocycles. The van der Waals surface area contributed by atoms with Gasteiger partial charge in [0, 0.05) is 12.0 Å². The second-order valence-electron chi connectivity index (χ2n) is 11.4. The number of nitrogens with zero attached hydrogens (tertiary/aromatic N) is 1. The van der Waals surface area contributed by atoms with Crippen LogP contribution in [-0.4, -0.2) is 43.3 Å². The lowest BCUT2D eigenvalue weighted by atomic mass is 10.0. The molecule has 0 aliphatic rings. The molecule has 212 valence electrons. The van der Waals surface area contributed by atoms with E-state index in [4.69, 9.17) is 9.47 Å². The van der Waals surface area contributed by atoms with Crippen molar-refractivity contribution in [2.24, 2.45) is 0 Å². The fourth-order valence-electron chi connectivity index (χ4n) is 5.22. The molecule has 4 nitrogen and oxygen atoms in total. The summed E-state index contributed by atoms with van der Waals surface area (Å²) in [7, 11) is 4.21. The SMILES string of the molecule is CCCCCCCCCCCc1cccc(OC(CC)COC(=O)C(CC)[N+](C)(C)Cc2ccccc2)c1. The van der Waals surface area contributed by atoms with E-state index in [9.17, 15) is 4.79 Å².